The zero-order valence-electron chi connectivity index (χ0n) is 15.2. The molecule has 0 saturated carbocycles. The van der Waals surface area contributed by atoms with Crippen LogP contribution < -0.4 is 10.1 Å². The number of benzene rings is 1. The summed E-state index contributed by atoms with van der Waals surface area (Å²) in [5.74, 6) is -0.461. The molecule has 2 rings (SSSR count). The van der Waals surface area contributed by atoms with E-state index in [2.05, 4.69) is 5.32 Å². The molecule has 0 saturated heterocycles. The average Bonchev–Trinajstić information content (AvgIpc) is 3.07. The number of ether oxygens (including phenoxy) is 2. The van der Waals surface area contributed by atoms with Crippen molar-refractivity contribution in [1.29, 1.82) is 5.26 Å². The first-order chi connectivity index (χ1) is 12.8. The maximum absolute atomic E-state index is 11.9. The maximum Gasteiger partial charge on any atom is 0.344 e. The third kappa shape index (κ3) is 5.71. The zero-order valence-corrected chi connectivity index (χ0v) is 16.7. The first-order valence-corrected chi connectivity index (χ1v) is 9.43. The van der Waals surface area contributed by atoms with Crippen LogP contribution in [-0.4, -0.2) is 25.1 Å². The molecule has 0 unspecified atom stereocenters. The Bertz CT molecular complexity index is 886. The van der Waals surface area contributed by atoms with Crippen LogP contribution in [0, 0.1) is 18.3 Å². The zero-order chi connectivity index (χ0) is 20.0. The molecule has 0 fully saturated rings. The molecule has 1 aromatic carbocycles. The number of carbonyl (C=O) groups excluding carboxylic acids is 2. The van der Waals surface area contributed by atoms with E-state index in [9.17, 15) is 9.59 Å². The van der Waals surface area contributed by atoms with Crippen LogP contribution in [0.2, 0.25) is 5.02 Å². The van der Waals surface area contributed by atoms with Crippen molar-refractivity contribution in [3.8, 4) is 11.8 Å². The quantitative estimate of drug-likeness (QED) is 0.694. The van der Waals surface area contributed by atoms with E-state index in [1.165, 1.54) is 11.3 Å². The molecular weight excluding hydrogens is 388 g/mol. The van der Waals surface area contributed by atoms with Gasteiger partial charge in [-0.15, -0.1) is 11.3 Å². The van der Waals surface area contributed by atoms with Crippen LogP contribution in [0.25, 0.3) is 0 Å². The molecule has 27 heavy (non-hydrogen) atoms. The molecule has 0 bridgehead atoms. The van der Waals surface area contributed by atoms with E-state index >= 15 is 0 Å². The number of nitrogens with one attached hydrogen (secondary N) is 1. The molecular formula is C19H19ClN2O4S. The Hall–Kier alpha value is -2.56. The Morgan fingerprint density at radius 2 is 2.07 bits per heavy atom. The standard InChI is InChI=1S/C19H19ClN2O4S/c1-11(2)14-7-15(20)12(3)6-16(14)25-10-18(24)26-9-17(23)22-19-13(8-21)4-5-27-19/h4-7,11H,9-10H2,1-3H3,(H,22,23). The average molecular weight is 407 g/mol. The van der Waals surface area contributed by atoms with Crippen molar-refractivity contribution in [2.75, 3.05) is 18.5 Å². The molecule has 0 aliphatic carbocycles. The SMILES string of the molecule is Cc1cc(OCC(=O)OCC(=O)Nc2sccc2C#N)c(C(C)C)cc1Cl. The van der Waals surface area contributed by atoms with Gasteiger partial charge in [0.15, 0.2) is 13.2 Å². The summed E-state index contributed by atoms with van der Waals surface area (Å²) >= 11 is 7.37. The topological polar surface area (TPSA) is 88.4 Å². The lowest BCUT2D eigenvalue weighted by Gasteiger charge is -2.15. The predicted molar refractivity (Wildman–Crippen MR) is 104 cm³/mol. The monoisotopic (exact) mass is 406 g/mol. The van der Waals surface area contributed by atoms with E-state index in [4.69, 9.17) is 26.3 Å². The minimum atomic E-state index is -0.667. The van der Waals surface area contributed by atoms with Crippen molar-refractivity contribution >= 4 is 39.8 Å². The highest BCUT2D eigenvalue weighted by Crippen LogP contribution is 2.32. The van der Waals surface area contributed by atoms with E-state index in [-0.39, 0.29) is 12.5 Å². The fourth-order valence-electron chi connectivity index (χ4n) is 2.23. The van der Waals surface area contributed by atoms with Gasteiger partial charge in [0.05, 0.1) is 5.56 Å². The summed E-state index contributed by atoms with van der Waals surface area (Å²) in [6, 6.07) is 7.16. The fraction of sp³-hybridized carbons (Fsp3) is 0.316. The summed E-state index contributed by atoms with van der Waals surface area (Å²) in [5.41, 5.74) is 2.09. The van der Waals surface area contributed by atoms with Crippen LogP contribution in [-0.2, 0) is 14.3 Å². The third-order valence-electron chi connectivity index (χ3n) is 3.66. The number of nitriles is 1. The van der Waals surface area contributed by atoms with Crippen LogP contribution >= 0.6 is 22.9 Å². The number of thiophene rings is 1. The van der Waals surface area contributed by atoms with Gasteiger partial charge in [0.25, 0.3) is 5.91 Å². The highest BCUT2D eigenvalue weighted by molar-refractivity contribution is 7.14. The lowest BCUT2D eigenvalue weighted by atomic mass is 10.0. The number of anilines is 1. The summed E-state index contributed by atoms with van der Waals surface area (Å²) in [5, 5.41) is 14.2. The van der Waals surface area contributed by atoms with Gasteiger partial charge in [-0.3, -0.25) is 4.79 Å². The summed E-state index contributed by atoms with van der Waals surface area (Å²) in [6.45, 7) is 5.06. The Kier molecular flexibility index (Phi) is 7.22. The molecule has 0 aliphatic rings. The minimum absolute atomic E-state index is 0.167. The Morgan fingerprint density at radius 1 is 1.33 bits per heavy atom. The van der Waals surface area contributed by atoms with Gasteiger partial charge >= 0.3 is 5.97 Å². The van der Waals surface area contributed by atoms with Crippen LogP contribution in [0.5, 0.6) is 5.75 Å². The highest BCUT2D eigenvalue weighted by Gasteiger charge is 2.15. The van der Waals surface area contributed by atoms with Crippen molar-refractivity contribution in [3.63, 3.8) is 0 Å². The molecule has 0 atom stereocenters. The molecule has 6 nitrogen and oxygen atoms in total. The van der Waals surface area contributed by atoms with E-state index in [1.54, 1.807) is 17.5 Å². The van der Waals surface area contributed by atoms with E-state index < -0.39 is 18.5 Å². The van der Waals surface area contributed by atoms with Crippen molar-refractivity contribution < 1.29 is 19.1 Å². The molecule has 0 aliphatic heterocycles. The number of aryl methyl sites for hydroxylation is 1. The minimum Gasteiger partial charge on any atom is -0.482 e. The first-order valence-electron chi connectivity index (χ1n) is 8.17. The van der Waals surface area contributed by atoms with Gasteiger partial charge in [-0.05, 0) is 47.5 Å². The predicted octanol–water partition coefficient (Wildman–Crippen LogP) is 4.27. The maximum atomic E-state index is 11.9. The van der Waals surface area contributed by atoms with Crippen molar-refractivity contribution in [1.82, 2.24) is 0 Å². The van der Waals surface area contributed by atoms with Gasteiger partial charge in [-0.25, -0.2) is 4.79 Å². The second kappa shape index (κ2) is 9.40. The van der Waals surface area contributed by atoms with Crippen LogP contribution in [0.3, 0.4) is 0 Å². The summed E-state index contributed by atoms with van der Waals surface area (Å²) < 4.78 is 10.5. The van der Waals surface area contributed by atoms with Gasteiger partial charge in [-0.2, -0.15) is 5.26 Å². The summed E-state index contributed by atoms with van der Waals surface area (Å²) in [4.78, 5) is 23.7. The molecule has 8 heteroatoms. The van der Waals surface area contributed by atoms with E-state index in [0.29, 0.717) is 21.3 Å². The van der Waals surface area contributed by atoms with Crippen molar-refractivity contribution in [3.05, 3.63) is 45.3 Å². The number of hydrogen-bond donors (Lipinski definition) is 1. The number of rotatable bonds is 7. The van der Waals surface area contributed by atoms with Crippen LogP contribution in [0.4, 0.5) is 5.00 Å². The lowest BCUT2D eigenvalue weighted by molar-refractivity contribution is -0.149. The smallest absolute Gasteiger partial charge is 0.344 e. The summed E-state index contributed by atoms with van der Waals surface area (Å²) in [6.07, 6.45) is 0. The second-order valence-corrected chi connectivity index (χ2v) is 7.39. The molecule has 0 radical (unpaired) electrons. The number of carbonyl (C=O) groups is 2. The highest BCUT2D eigenvalue weighted by atomic mass is 35.5. The molecule has 2 aromatic rings. The molecule has 0 spiro atoms. The Morgan fingerprint density at radius 3 is 2.74 bits per heavy atom. The third-order valence-corrected chi connectivity index (χ3v) is 4.90. The molecule has 1 heterocycles. The summed E-state index contributed by atoms with van der Waals surface area (Å²) in [7, 11) is 0. The van der Waals surface area contributed by atoms with Crippen LogP contribution in [0.15, 0.2) is 23.6 Å². The molecule has 1 N–H and O–H groups in total. The number of amides is 1. The van der Waals surface area contributed by atoms with Gasteiger partial charge in [-0.1, -0.05) is 25.4 Å². The van der Waals surface area contributed by atoms with Crippen molar-refractivity contribution in [2.45, 2.75) is 26.7 Å². The van der Waals surface area contributed by atoms with E-state index in [1.807, 2.05) is 32.9 Å². The Balaban J connectivity index is 1.87. The number of hydrogen-bond acceptors (Lipinski definition) is 6. The number of esters is 1. The Labute approximate surface area is 166 Å². The normalized spacial score (nSPS) is 10.4. The first kappa shape index (κ1) is 20.7. The molecule has 1 aromatic heterocycles. The van der Waals surface area contributed by atoms with Crippen molar-refractivity contribution in [2.24, 2.45) is 0 Å². The largest absolute Gasteiger partial charge is 0.482 e. The van der Waals surface area contributed by atoms with Gasteiger partial charge in [0, 0.05) is 5.02 Å². The number of nitrogens with zero attached hydrogens (tertiary/aromatic N) is 1. The van der Waals surface area contributed by atoms with E-state index in [0.717, 1.165) is 11.1 Å². The van der Waals surface area contributed by atoms with Gasteiger partial charge in [0.1, 0.15) is 16.8 Å². The van der Waals surface area contributed by atoms with Crippen LogP contribution in [0.1, 0.15) is 36.5 Å². The molecule has 1 amide bonds. The number of halogens is 1. The second-order valence-electron chi connectivity index (χ2n) is 6.07. The lowest BCUT2D eigenvalue weighted by Crippen LogP contribution is -2.23. The fourth-order valence-corrected chi connectivity index (χ4v) is 3.15. The van der Waals surface area contributed by atoms with Gasteiger partial charge < -0.3 is 14.8 Å². The molecule has 142 valence electrons. The van der Waals surface area contributed by atoms with Gasteiger partial charge in [0.2, 0.25) is 0 Å².